The van der Waals surface area contributed by atoms with Crippen LogP contribution in [0.1, 0.15) is 65.0 Å². The zero-order valence-corrected chi connectivity index (χ0v) is 20.2. The molecule has 7 heteroatoms. The molecule has 0 amide bonds. The molecule has 1 aromatic carbocycles. The van der Waals surface area contributed by atoms with Gasteiger partial charge in [0.25, 0.3) is 0 Å². The Hall–Kier alpha value is -1.75. The number of carbonyl (C=O) groups is 1. The monoisotopic (exact) mass is 446 g/mol. The molecule has 0 saturated heterocycles. The quantitative estimate of drug-likeness (QED) is 0.537. The number of ether oxygens (including phenoxy) is 2. The topological polar surface area (TPSA) is 69.0 Å². The largest absolute Gasteiger partial charge is 0.464 e. The van der Waals surface area contributed by atoms with Crippen molar-refractivity contribution in [3.63, 3.8) is 0 Å². The van der Waals surface area contributed by atoms with Crippen LogP contribution in [-0.4, -0.2) is 34.7 Å². The fourth-order valence-corrected chi connectivity index (χ4v) is 6.38. The Bertz CT molecular complexity index is 919. The highest BCUT2D eigenvalue weighted by molar-refractivity contribution is 7.84. The average molecular weight is 447 g/mol. The molecule has 31 heavy (non-hydrogen) atoms. The molecular weight excluding hydrogens is 412 g/mol. The lowest BCUT2D eigenvalue weighted by Gasteiger charge is -2.50. The standard InChI is InChI=1S/C24H34N2O4S/c1-8-30-21(27)24(26-31(28)22(3,4)5)19-13-18(25-6)10-9-17(19)15-23(24)12-11-20(29-7)16(2)14-23/h9-10,13,16,20,26H,8,11-12,14-15H2,1-5,7H3/t16-,20-,23-,24+,31-/m0/s1. The van der Waals surface area contributed by atoms with Gasteiger partial charge in [-0.1, -0.05) is 25.1 Å². The molecule has 3 rings (SSSR count). The maximum atomic E-state index is 13.8. The predicted molar refractivity (Wildman–Crippen MR) is 122 cm³/mol. The van der Waals surface area contributed by atoms with Crippen LogP contribution in [0.2, 0.25) is 0 Å². The van der Waals surface area contributed by atoms with Crippen molar-refractivity contribution in [2.45, 2.75) is 76.7 Å². The zero-order chi connectivity index (χ0) is 23.0. The molecule has 0 radical (unpaired) electrons. The van der Waals surface area contributed by atoms with E-state index in [0.717, 1.165) is 30.4 Å². The summed E-state index contributed by atoms with van der Waals surface area (Å²) >= 11 is 0. The van der Waals surface area contributed by atoms with Crippen molar-refractivity contribution in [3.8, 4) is 0 Å². The van der Waals surface area contributed by atoms with Crippen molar-refractivity contribution in [1.29, 1.82) is 0 Å². The van der Waals surface area contributed by atoms with E-state index in [1.807, 2.05) is 26.8 Å². The van der Waals surface area contributed by atoms with Gasteiger partial charge in [-0.15, -0.1) is 0 Å². The molecule has 170 valence electrons. The summed E-state index contributed by atoms with van der Waals surface area (Å²) in [5.74, 6) is -0.177. The summed E-state index contributed by atoms with van der Waals surface area (Å²) < 4.78 is 27.5. The van der Waals surface area contributed by atoms with Gasteiger partial charge in [0.2, 0.25) is 0 Å². The van der Waals surface area contributed by atoms with Crippen molar-refractivity contribution in [3.05, 3.63) is 40.7 Å². The highest BCUT2D eigenvalue weighted by Crippen LogP contribution is 2.60. The van der Waals surface area contributed by atoms with Crippen molar-refractivity contribution < 1.29 is 18.5 Å². The van der Waals surface area contributed by atoms with Crippen LogP contribution in [0.15, 0.2) is 18.2 Å². The molecule has 1 N–H and O–H groups in total. The van der Waals surface area contributed by atoms with Gasteiger partial charge in [0, 0.05) is 12.5 Å². The Morgan fingerprint density at radius 2 is 2.10 bits per heavy atom. The van der Waals surface area contributed by atoms with Gasteiger partial charge in [0.1, 0.15) is 0 Å². The van der Waals surface area contributed by atoms with E-state index in [4.69, 9.17) is 16.0 Å². The summed E-state index contributed by atoms with van der Waals surface area (Å²) in [5, 5.41) is 0. The molecule has 2 aliphatic rings. The summed E-state index contributed by atoms with van der Waals surface area (Å²) in [7, 11) is 0.217. The maximum absolute atomic E-state index is 13.8. The Morgan fingerprint density at radius 1 is 1.39 bits per heavy atom. The number of hydrogen-bond donors (Lipinski definition) is 1. The molecule has 1 spiro atoms. The normalized spacial score (nSPS) is 31.1. The maximum Gasteiger partial charge on any atom is 0.332 e. The van der Waals surface area contributed by atoms with Crippen LogP contribution in [0.5, 0.6) is 0 Å². The number of hydrogen-bond acceptors (Lipinski definition) is 4. The molecule has 0 heterocycles. The molecule has 1 fully saturated rings. The molecular formula is C24H34N2O4S. The van der Waals surface area contributed by atoms with Gasteiger partial charge in [-0.05, 0) is 70.4 Å². The van der Waals surface area contributed by atoms with E-state index in [1.165, 1.54) is 0 Å². The first-order valence-corrected chi connectivity index (χ1v) is 12.1. The number of nitrogens with one attached hydrogen (secondary N) is 1. The smallest absolute Gasteiger partial charge is 0.332 e. The van der Waals surface area contributed by atoms with E-state index in [-0.39, 0.29) is 18.6 Å². The van der Waals surface area contributed by atoms with Gasteiger partial charge in [-0.3, -0.25) is 0 Å². The summed E-state index contributed by atoms with van der Waals surface area (Å²) in [4.78, 5) is 17.4. The Morgan fingerprint density at radius 3 is 2.65 bits per heavy atom. The van der Waals surface area contributed by atoms with Gasteiger partial charge < -0.3 is 9.47 Å². The number of nitrogens with zero attached hydrogens (tertiary/aromatic N) is 1. The van der Waals surface area contributed by atoms with E-state index in [9.17, 15) is 9.00 Å². The second-order valence-electron chi connectivity index (χ2n) is 9.86. The molecule has 6 nitrogen and oxygen atoms in total. The van der Waals surface area contributed by atoms with Crippen LogP contribution < -0.4 is 4.72 Å². The van der Waals surface area contributed by atoms with Crippen molar-refractivity contribution in [2.24, 2.45) is 11.3 Å². The lowest BCUT2D eigenvalue weighted by atomic mass is 9.59. The number of benzene rings is 1. The third-order valence-corrected chi connectivity index (χ3v) is 8.50. The molecule has 2 aliphatic carbocycles. The van der Waals surface area contributed by atoms with Crippen molar-refractivity contribution >= 4 is 22.6 Å². The second kappa shape index (κ2) is 8.65. The Labute approximate surface area is 188 Å². The number of rotatable bonds is 5. The number of methoxy groups -OCH3 is 1. The molecule has 1 aromatic rings. The highest BCUT2D eigenvalue weighted by atomic mass is 32.2. The highest BCUT2D eigenvalue weighted by Gasteiger charge is 2.65. The van der Waals surface area contributed by atoms with Crippen molar-refractivity contribution in [1.82, 2.24) is 4.72 Å². The molecule has 0 unspecified atom stereocenters. The minimum absolute atomic E-state index is 0.126. The fourth-order valence-electron chi connectivity index (χ4n) is 5.39. The SMILES string of the molecule is [C-]#[N+]c1ccc2c(c1)[C@@](N[S@@](=O)C(C)(C)C)(C(=O)OCC)[C@]1(CC[C@H](OC)[C@@H](C)C1)C2. The van der Waals surface area contributed by atoms with Crippen LogP contribution in [0, 0.1) is 17.9 Å². The van der Waals surface area contributed by atoms with Crippen LogP contribution >= 0.6 is 0 Å². The third-order valence-electron chi connectivity index (χ3n) is 6.89. The van der Waals surface area contributed by atoms with E-state index in [0.29, 0.717) is 12.1 Å². The lowest BCUT2D eigenvalue weighted by Crippen LogP contribution is -2.63. The number of esters is 1. The van der Waals surface area contributed by atoms with Crippen molar-refractivity contribution in [2.75, 3.05) is 13.7 Å². The number of carbonyl (C=O) groups excluding carboxylic acids is 1. The zero-order valence-electron chi connectivity index (χ0n) is 19.4. The van der Waals surface area contributed by atoms with E-state index in [2.05, 4.69) is 16.5 Å². The predicted octanol–water partition coefficient (Wildman–Crippen LogP) is 4.43. The average Bonchev–Trinajstić information content (AvgIpc) is 2.96. The summed E-state index contributed by atoms with van der Waals surface area (Å²) in [6.45, 7) is 17.3. The van der Waals surface area contributed by atoms with Gasteiger partial charge in [-0.2, -0.15) is 0 Å². The number of fused-ring (bicyclic) bond motifs is 1. The minimum atomic E-state index is -1.52. The Balaban J connectivity index is 2.25. The summed E-state index contributed by atoms with van der Waals surface area (Å²) in [5.41, 5.74) is 0.440. The van der Waals surface area contributed by atoms with Crippen LogP contribution in [0.4, 0.5) is 5.69 Å². The fraction of sp³-hybridized carbons (Fsp3) is 0.667. The molecule has 0 aliphatic heterocycles. The third kappa shape index (κ3) is 3.94. The first-order chi connectivity index (χ1) is 14.5. The van der Waals surface area contributed by atoms with Gasteiger partial charge in [0.05, 0.1) is 35.0 Å². The first-order valence-electron chi connectivity index (χ1n) is 10.9. The van der Waals surface area contributed by atoms with Crippen LogP contribution in [-0.2, 0) is 37.2 Å². The van der Waals surface area contributed by atoms with Crippen LogP contribution in [0.3, 0.4) is 0 Å². The molecule has 1 saturated carbocycles. The van der Waals surface area contributed by atoms with Gasteiger partial charge in [-0.25, -0.2) is 18.6 Å². The molecule has 5 atom stereocenters. The van der Waals surface area contributed by atoms with Gasteiger partial charge in [0.15, 0.2) is 11.2 Å². The minimum Gasteiger partial charge on any atom is -0.464 e. The van der Waals surface area contributed by atoms with Gasteiger partial charge >= 0.3 is 5.97 Å². The van der Waals surface area contributed by atoms with E-state index in [1.54, 1.807) is 26.2 Å². The second-order valence-corrected chi connectivity index (χ2v) is 11.8. The molecule has 0 aromatic heterocycles. The van der Waals surface area contributed by atoms with Crippen LogP contribution in [0.25, 0.3) is 4.85 Å². The summed E-state index contributed by atoms with van der Waals surface area (Å²) in [6.07, 6.45) is 3.09. The summed E-state index contributed by atoms with van der Waals surface area (Å²) in [6, 6.07) is 5.53. The Kier molecular flexibility index (Phi) is 6.67. The molecule has 0 bridgehead atoms. The van der Waals surface area contributed by atoms with E-state index < -0.39 is 32.7 Å². The lowest BCUT2D eigenvalue weighted by molar-refractivity contribution is -0.160. The van der Waals surface area contributed by atoms with E-state index >= 15 is 0 Å². The first kappa shape index (κ1) is 23.9.